The van der Waals surface area contributed by atoms with Crippen LogP contribution < -0.4 is 0 Å². The monoisotopic (exact) mass is 424 g/mol. The Kier molecular flexibility index (Phi) is 7.46. The van der Waals surface area contributed by atoms with Gasteiger partial charge in [-0.1, -0.05) is 44.4 Å². The number of allylic oxidation sites excluding steroid dienone is 1. The van der Waals surface area contributed by atoms with Crippen molar-refractivity contribution >= 4 is 10.8 Å². The van der Waals surface area contributed by atoms with Gasteiger partial charge in [0.1, 0.15) is 0 Å². The standard InChI is InChI=1S/C29H38F2/c1-3-5-7-20-8-10-21(11-9-20)22-12-14-23(15-13-22)24-16-17-25-18-26(6-4-2)28(30)29(31)27(25)19-24/h3,16-23H,1,4-15H2,2H3. The molecular weight excluding hydrogens is 386 g/mol. The molecule has 168 valence electrons. The van der Waals surface area contributed by atoms with Crippen molar-refractivity contribution in [3.63, 3.8) is 0 Å². The van der Waals surface area contributed by atoms with Gasteiger partial charge in [0.05, 0.1) is 0 Å². The number of halogens is 2. The molecule has 2 fully saturated rings. The van der Waals surface area contributed by atoms with Crippen molar-refractivity contribution in [2.45, 2.75) is 89.9 Å². The summed E-state index contributed by atoms with van der Waals surface area (Å²) in [5.74, 6) is 1.85. The van der Waals surface area contributed by atoms with Crippen LogP contribution in [0.3, 0.4) is 0 Å². The molecule has 31 heavy (non-hydrogen) atoms. The third-order valence-electron chi connectivity index (χ3n) is 8.22. The van der Waals surface area contributed by atoms with E-state index in [1.807, 2.05) is 25.1 Å². The minimum absolute atomic E-state index is 0.454. The number of hydrogen-bond donors (Lipinski definition) is 0. The average Bonchev–Trinajstić information content (AvgIpc) is 2.81. The van der Waals surface area contributed by atoms with Gasteiger partial charge in [0.15, 0.2) is 11.6 Å². The van der Waals surface area contributed by atoms with Gasteiger partial charge in [0, 0.05) is 5.39 Å². The average molecular weight is 425 g/mol. The van der Waals surface area contributed by atoms with Crippen LogP contribution in [0.2, 0.25) is 0 Å². The lowest BCUT2D eigenvalue weighted by Gasteiger charge is -2.38. The van der Waals surface area contributed by atoms with Crippen LogP contribution in [0.15, 0.2) is 36.9 Å². The van der Waals surface area contributed by atoms with Gasteiger partial charge in [-0.15, -0.1) is 6.58 Å². The van der Waals surface area contributed by atoms with Crippen LogP contribution in [-0.4, -0.2) is 0 Å². The fourth-order valence-corrected chi connectivity index (χ4v) is 6.33. The molecule has 0 bridgehead atoms. The first-order valence-corrected chi connectivity index (χ1v) is 12.6. The fourth-order valence-electron chi connectivity index (χ4n) is 6.33. The van der Waals surface area contributed by atoms with E-state index in [1.54, 1.807) is 0 Å². The molecule has 2 saturated carbocycles. The van der Waals surface area contributed by atoms with Crippen molar-refractivity contribution in [2.75, 3.05) is 0 Å². The summed E-state index contributed by atoms with van der Waals surface area (Å²) in [6, 6.07) is 7.93. The van der Waals surface area contributed by atoms with E-state index >= 15 is 0 Å². The van der Waals surface area contributed by atoms with E-state index in [9.17, 15) is 8.78 Å². The Hall–Kier alpha value is -1.70. The summed E-state index contributed by atoms with van der Waals surface area (Å²) in [4.78, 5) is 0. The minimum Gasteiger partial charge on any atom is -0.203 e. The first kappa shape index (κ1) is 22.5. The molecule has 0 aliphatic heterocycles. The van der Waals surface area contributed by atoms with Crippen LogP contribution in [0.4, 0.5) is 8.78 Å². The first-order chi connectivity index (χ1) is 15.1. The van der Waals surface area contributed by atoms with E-state index in [0.29, 0.717) is 23.3 Å². The van der Waals surface area contributed by atoms with Crippen molar-refractivity contribution in [3.05, 3.63) is 59.7 Å². The zero-order valence-corrected chi connectivity index (χ0v) is 19.1. The van der Waals surface area contributed by atoms with Gasteiger partial charge in [-0.2, -0.15) is 0 Å². The summed E-state index contributed by atoms with van der Waals surface area (Å²) < 4.78 is 29.2. The van der Waals surface area contributed by atoms with E-state index in [0.717, 1.165) is 36.0 Å². The lowest BCUT2D eigenvalue weighted by atomic mass is 9.68. The second-order valence-electron chi connectivity index (χ2n) is 10.2. The van der Waals surface area contributed by atoms with Crippen molar-refractivity contribution in [1.29, 1.82) is 0 Å². The summed E-state index contributed by atoms with van der Waals surface area (Å²) in [5.41, 5.74) is 1.69. The lowest BCUT2D eigenvalue weighted by Crippen LogP contribution is -2.25. The van der Waals surface area contributed by atoms with Gasteiger partial charge in [-0.3, -0.25) is 0 Å². The molecule has 2 aromatic carbocycles. The second kappa shape index (κ2) is 10.3. The molecule has 0 amide bonds. The van der Waals surface area contributed by atoms with Crippen LogP contribution in [0, 0.1) is 29.4 Å². The lowest BCUT2D eigenvalue weighted by molar-refractivity contribution is 0.157. The Morgan fingerprint density at radius 2 is 1.58 bits per heavy atom. The molecule has 2 heteroatoms. The normalized spacial score (nSPS) is 26.8. The van der Waals surface area contributed by atoms with Gasteiger partial charge in [0.2, 0.25) is 0 Å². The maximum absolute atomic E-state index is 14.8. The molecule has 0 radical (unpaired) electrons. The molecule has 2 aliphatic rings. The van der Waals surface area contributed by atoms with E-state index in [-0.39, 0.29) is 0 Å². The third kappa shape index (κ3) is 5.04. The van der Waals surface area contributed by atoms with Gasteiger partial charge in [-0.05, 0) is 110 Å². The maximum Gasteiger partial charge on any atom is 0.166 e. The Bertz CT molecular complexity index is 883. The Morgan fingerprint density at radius 1 is 0.903 bits per heavy atom. The highest BCUT2D eigenvalue weighted by atomic mass is 19.2. The molecule has 0 nitrogen and oxygen atoms in total. The summed E-state index contributed by atoms with van der Waals surface area (Å²) in [6.45, 7) is 5.86. The number of benzene rings is 2. The number of rotatable bonds is 7. The largest absolute Gasteiger partial charge is 0.203 e. The topological polar surface area (TPSA) is 0 Å². The van der Waals surface area contributed by atoms with Crippen LogP contribution in [0.25, 0.3) is 10.8 Å². The molecule has 2 aliphatic carbocycles. The van der Waals surface area contributed by atoms with Gasteiger partial charge < -0.3 is 0 Å². The molecule has 2 aromatic rings. The Labute approximate surface area is 187 Å². The summed E-state index contributed by atoms with van der Waals surface area (Å²) in [7, 11) is 0. The van der Waals surface area contributed by atoms with E-state index in [4.69, 9.17) is 0 Å². The molecule has 0 spiro atoms. The van der Waals surface area contributed by atoms with Crippen molar-refractivity contribution in [2.24, 2.45) is 17.8 Å². The van der Waals surface area contributed by atoms with Crippen molar-refractivity contribution in [3.8, 4) is 0 Å². The zero-order valence-electron chi connectivity index (χ0n) is 19.1. The van der Waals surface area contributed by atoms with Gasteiger partial charge in [0.25, 0.3) is 0 Å². The highest BCUT2D eigenvalue weighted by Gasteiger charge is 2.31. The van der Waals surface area contributed by atoms with Crippen LogP contribution in [-0.2, 0) is 6.42 Å². The number of hydrogen-bond acceptors (Lipinski definition) is 0. The minimum atomic E-state index is -0.662. The molecule has 0 heterocycles. The molecular formula is C29H38F2. The van der Waals surface area contributed by atoms with Crippen molar-refractivity contribution < 1.29 is 8.78 Å². The molecule has 0 N–H and O–H groups in total. The molecule has 4 rings (SSSR count). The van der Waals surface area contributed by atoms with Crippen molar-refractivity contribution in [1.82, 2.24) is 0 Å². The highest BCUT2D eigenvalue weighted by molar-refractivity contribution is 5.85. The fraction of sp³-hybridized carbons (Fsp3) is 0.586. The van der Waals surface area contributed by atoms with Gasteiger partial charge in [-0.25, -0.2) is 8.78 Å². The third-order valence-corrected chi connectivity index (χ3v) is 8.22. The number of aryl methyl sites for hydroxylation is 1. The zero-order chi connectivity index (χ0) is 21.8. The molecule has 0 aromatic heterocycles. The molecule has 0 saturated heterocycles. The predicted octanol–water partition coefficient (Wildman–Crippen LogP) is 9.12. The van der Waals surface area contributed by atoms with Crippen LogP contribution >= 0.6 is 0 Å². The second-order valence-corrected chi connectivity index (χ2v) is 10.2. The Morgan fingerprint density at radius 3 is 2.23 bits per heavy atom. The quantitative estimate of drug-likeness (QED) is 0.389. The first-order valence-electron chi connectivity index (χ1n) is 12.6. The number of fused-ring (bicyclic) bond motifs is 1. The maximum atomic E-state index is 14.8. The molecule has 0 unspecified atom stereocenters. The molecule has 0 atom stereocenters. The van der Waals surface area contributed by atoms with E-state index in [2.05, 4.69) is 18.7 Å². The Balaban J connectivity index is 1.38. The summed E-state index contributed by atoms with van der Waals surface area (Å²) in [6.07, 6.45) is 16.5. The van der Waals surface area contributed by atoms with Crippen LogP contribution in [0.5, 0.6) is 0 Å². The summed E-state index contributed by atoms with van der Waals surface area (Å²) >= 11 is 0. The highest BCUT2D eigenvalue weighted by Crippen LogP contribution is 2.45. The van der Waals surface area contributed by atoms with E-state index in [1.165, 1.54) is 63.4 Å². The van der Waals surface area contributed by atoms with Gasteiger partial charge >= 0.3 is 0 Å². The SMILES string of the molecule is C=CCCC1CCC(C2CCC(c3ccc4cc(CCC)c(F)c(F)c4c3)CC2)CC1. The van der Waals surface area contributed by atoms with Crippen LogP contribution in [0.1, 0.15) is 94.6 Å². The van der Waals surface area contributed by atoms with E-state index < -0.39 is 11.6 Å². The predicted molar refractivity (Wildman–Crippen MR) is 127 cm³/mol. The smallest absolute Gasteiger partial charge is 0.166 e. The summed E-state index contributed by atoms with van der Waals surface area (Å²) in [5, 5.41) is 1.28.